The van der Waals surface area contributed by atoms with Crippen LogP contribution in [0.15, 0.2) is 0 Å². The summed E-state index contributed by atoms with van der Waals surface area (Å²) in [6.07, 6.45) is 3.98. The van der Waals surface area contributed by atoms with Crippen molar-refractivity contribution >= 4 is 29.0 Å². The standard InChI is InChI=1S/C14H26N4O2S/c1-16-14(20)11-5-3-4-8-18(11)10-7-13(19)17(2)9-6-12(15)21/h11H,3-10H2,1-2H3,(H2,15,21)(H,16,20). The Balaban J connectivity index is 2.42. The zero-order chi connectivity index (χ0) is 15.8. The molecule has 3 N–H and O–H groups in total. The van der Waals surface area contributed by atoms with E-state index in [4.69, 9.17) is 18.0 Å². The summed E-state index contributed by atoms with van der Waals surface area (Å²) >= 11 is 4.81. The van der Waals surface area contributed by atoms with Crippen LogP contribution in [0.2, 0.25) is 0 Å². The van der Waals surface area contributed by atoms with Crippen LogP contribution in [0.1, 0.15) is 32.1 Å². The Labute approximate surface area is 132 Å². The van der Waals surface area contributed by atoms with Crippen LogP contribution in [0.3, 0.4) is 0 Å². The number of rotatable bonds is 7. The zero-order valence-electron chi connectivity index (χ0n) is 12.9. The Kier molecular flexibility index (Phi) is 7.60. The highest BCUT2D eigenvalue weighted by Crippen LogP contribution is 2.17. The number of nitrogens with one attached hydrogen (secondary N) is 1. The molecule has 1 unspecified atom stereocenters. The fourth-order valence-electron chi connectivity index (χ4n) is 2.55. The molecule has 0 aliphatic carbocycles. The topological polar surface area (TPSA) is 78.7 Å². The van der Waals surface area contributed by atoms with Gasteiger partial charge in [-0.3, -0.25) is 14.5 Å². The summed E-state index contributed by atoms with van der Waals surface area (Å²) in [6.45, 7) is 2.04. The Morgan fingerprint density at radius 3 is 2.71 bits per heavy atom. The molecule has 1 aliphatic rings. The second kappa shape index (κ2) is 8.94. The molecule has 0 bridgehead atoms. The highest BCUT2D eigenvalue weighted by atomic mass is 32.1. The van der Waals surface area contributed by atoms with E-state index in [1.807, 2.05) is 0 Å². The van der Waals surface area contributed by atoms with Gasteiger partial charge in [-0.05, 0) is 19.4 Å². The Bertz CT molecular complexity index is 389. The van der Waals surface area contributed by atoms with Gasteiger partial charge in [0, 0.05) is 40.0 Å². The summed E-state index contributed by atoms with van der Waals surface area (Å²) < 4.78 is 0. The largest absolute Gasteiger partial charge is 0.393 e. The van der Waals surface area contributed by atoms with Gasteiger partial charge in [-0.25, -0.2) is 0 Å². The van der Waals surface area contributed by atoms with E-state index in [0.29, 0.717) is 30.9 Å². The number of hydrogen-bond donors (Lipinski definition) is 2. The predicted octanol–water partition coefficient (Wildman–Crippen LogP) is 0.112. The van der Waals surface area contributed by atoms with E-state index in [2.05, 4.69) is 10.2 Å². The maximum Gasteiger partial charge on any atom is 0.237 e. The molecule has 1 heterocycles. The molecule has 120 valence electrons. The highest BCUT2D eigenvalue weighted by Gasteiger charge is 2.28. The molecule has 2 amide bonds. The Morgan fingerprint density at radius 1 is 1.38 bits per heavy atom. The number of carbonyl (C=O) groups excluding carboxylic acids is 2. The van der Waals surface area contributed by atoms with Crippen LogP contribution in [-0.2, 0) is 9.59 Å². The van der Waals surface area contributed by atoms with E-state index >= 15 is 0 Å². The first kappa shape index (κ1) is 17.8. The fraction of sp³-hybridized carbons (Fsp3) is 0.786. The first-order chi connectivity index (χ1) is 9.95. The van der Waals surface area contributed by atoms with Gasteiger partial charge < -0.3 is 16.0 Å². The van der Waals surface area contributed by atoms with Crippen molar-refractivity contribution in [3.8, 4) is 0 Å². The molecule has 1 rings (SSSR count). The second-order valence-electron chi connectivity index (χ2n) is 5.44. The summed E-state index contributed by atoms with van der Waals surface area (Å²) in [6, 6.07) is -0.0986. The quantitative estimate of drug-likeness (QED) is 0.652. The maximum atomic E-state index is 12.1. The number of nitrogens with zero attached hydrogens (tertiary/aromatic N) is 2. The van der Waals surface area contributed by atoms with E-state index in [9.17, 15) is 9.59 Å². The molecule has 0 aromatic heterocycles. The molecule has 1 atom stereocenters. The van der Waals surface area contributed by atoms with Crippen molar-refractivity contribution in [2.24, 2.45) is 5.73 Å². The van der Waals surface area contributed by atoms with Crippen LogP contribution in [0, 0.1) is 0 Å². The van der Waals surface area contributed by atoms with Gasteiger partial charge >= 0.3 is 0 Å². The summed E-state index contributed by atoms with van der Waals surface area (Å²) in [5, 5.41) is 2.70. The number of carbonyl (C=O) groups is 2. The van der Waals surface area contributed by atoms with Crippen molar-refractivity contribution in [3.05, 3.63) is 0 Å². The highest BCUT2D eigenvalue weighted by molar-refractivity contribution is 7.80. The fourth-order valence-corrected chi connectivity index (χ4v) is 2.65. The molecule has 1 saturated heterocycles. The number of amides is 2. The van der Waals surface area contributed by atoms with Crippen molar-refractivity contribution in [1.82, 2.24) is 15.1 Å². The van der Waals surface area contributed by atoms with E-state index in [1.54, 1.807) is 19.0 Å². The van der Waals surface area contributed by atoms with Gasteiger partial charge in [0.05, 0.1) is 11.0 Å². The van der Waals surface area contributed by atoms with Gasteiger partial charge in [-0.2, -0.15) is 0 Å². The molecule has 0 radical (unpaired) electrons. The maximum absolute atomic E-state index is 12.1. The van der Waals surface area contributed by atoms with Crippen molar-refractivity contribution in [3.63, 3.8) is 0 Å². The number of likely N-dealkylation sites (tertiary alicyclic amines) is 1. The molecule has 0 aromatic carbocycles. The first-order valence-electron chi connectivity index (χ1n) is 7.43. The van der Waals surface area contributed by atoms with Crippen molar-refractivity contribution in [2.45, 2.75) is 38.1 Å². The molecule has 0 spiro atoms. The van der Waals surface area contributed by atoms with Crippen molar-refractivity contribution in [2.75, 3.05) is 33.7 Å². The lowest BCUT2D eigenvalue weighted by atomic mass is 10.0. The van der Waals surface area contributed by atoms with Gasteiger partial charge in [0.1, 0.15) is 0 Å². The minimum atomic E-state index is -0.0986. The van der Waals surface area contributed by atoms with Crippen LogP contribution in [0.4, 0.5) is 0 Å². The number of thiocarbonyl (C=S) groups is 1. The molecule has 0 saturated carbocycles. The second-order valence-corrected chi connectivity index (χ2v) is 5.97. The minimum Gasteiger partial charge on any atom is -0.393 e. The summed E-state index contributed by atoms with van der Waals surface area (Å²) in [4.78, 5) is 28.1. The molecule has 6 nitrogen and oxygen atoms in total. The van der Waals surface area contributed by atoms with Crippen LogP contribution in [0.25, 0.3) is 0 Å². The normalized spacial score (nSPS) is 19.0. The molecular formula is C14H26N4O2S. The molecule has 7 heteroatoms. The summed E-state index contributed by atoms with van der Waals surface area (Å²) in [7, 11) is 3.41. The van der Waals surface area contributed by atoms with E-state index in [0.717, 1.165) is 25.8 Å². The lowest BCUT2D eigenvalue weighted by Gasteiger charge is -2.34. The Morgan fingerprint density at radius 2 is 2.10 bits per heavy atom. The molecular weight excluding hydrogens is 288 g/mol. The minimum absolute atomic E-state index is 0.0454. The smallest absolute Gasteiger partial charge is 0.237 e. The lowest BCUT2D eigenvalue weighted by molar-refractivity contribution is -0.132. The monoisotopic (exact) mass is 314 g/mol. The van der Waals surface area contributed by atoms with Gasteiger partial charge in [0.25, 0.3) is 0 Å². The summed E-state index contributed by atoms with van der Waals surface area (Å²) in [5.41, 5.74) is 5.44. The van der Waals surface area contributed by atoms with Gasteiger partial charge in [0.15, 0.2) is 0 Å². The average molecular weight is 314 g/mol. The zero-order valence-corrected chi connectivity index (χ0v) is 13.7. The molecule has 1 aliphatic heterocycles. The van der Waals surface area contributed by atoms with E-state index in [-0.39, 0.29) is 17.9 Å². The van der Waals surface area contributed by atoms with Crippen LogP contribution in [-0.4, -0.2) is 66.4 Å². The Hall–Kier alpha value is -1.21. The third-order valence-corrected chi connectivity index (χ3v) is 4.10. The third-order valence-electron chi connectivity index (χ3n) is 3.89. The van der Waals surface area contributed by atoms with Crippen LogP contribution < -0.4 is 11.1 Å². The summed E-state index contributed by atoms with van der Waals surface area (Å²) in [5.74, 6) is 0.108. The van der Waals surface area contributed by atoms with Gasteiger partial charge in [-0.15, -0.1) is 0 Å². The van der Waals surface area contributed by atoms with Crippen LogP contribution in [0.5, 0.6) is 0 Å². The number of nitrogens with two attached hydrogens (primary N) is 1. The molecule has 0 aromatic rings. The lowest BCUT2D eigenvalue weighted by Crippen LogP contribution is -2.49. The van der Waals surface area contributed by atoms with Crippen molar-refractivity contribution < 1.29 is 9.59 Å². The number of likely N-dealkylation sites (N-methyl/N-ethyl adjacent to an activating group) is 1. The molecule has 21 heavy (non-hydrogen) atoms. The third kappa shape index (κ3) is 5.97. The SMILES string of the molecule is CNC(=O)C1CCCCN1CCC(=O)N(C)CCC(N)=S. The van der Waals surface area contributed by atoms with Gasteiger partial charge in [0.2, 0.25) is 11.8 Å². The van der Waals surface area contributed by atoms with E-state index < -0.39 is 0 Å². The predicted molar refractivity (Wildman–Crippen MR) is 86.9 cm³/mol. The van der Waals surface area contributed by atoms with Crippen LogP contribution >= 0.6 is 12.2 Å². The van der Waals surface area contributed by atoms with E-state index in [1.165, 1.54) is 0 Å². The van der Waals surface area contributed by atoms with Gasteiger partial charge in [-0.1, -0.05) is 18.6 Å². The molecule has 1 fully saturated rings. The first-order valence-corrected chi connectivity index (χ1v) is 7.84. The number of hydrogen-bond acceptors (Lipinski definition) is 4. The van der Waals surface area contributed by atoms with Crippen molar-refractivity contribution in [1.29, 1.82) is 0 Å². The average Bonchev–Trinajstić information content (AvgIpc) is 2.49. The number of piperidine rings is 1.